The second-order valence-corrected chi connectivity index (χ2v) is 3.88. The minimum atomic E-state index is 0.894. The smallest absolute Gasteiger partial charge is 0.0398 e. The van der Waals surface area contributed by atoms with Gasteiger partial charge in [0.25, 0.3) is 0 Å². The summed E-state index contributed by atoms with van der Waals surface area (Å²) in [6, 6.07) is 10.4. The average Bonchev–Trinajstić information content (AvgIpc) is 2.25. The van der Waals surface area contributed by atoms with E-state index in [4.69, 9.17) is 0 Å². The Morgan fingerprint density at radius 1 is 1.07 bits per heavy atom. The number of hydrogen-bond donors (Lipinski definition) is 0. The molecule has 0 fully saturated rings. The zero-order valence-corrected chi connectivity index (χ0v) is 9.85. The molecule has 1 aromatic carbocycles. The highest BCUT2D eigenvalue weighted by Gasteiger charge is 2.04. The molecule has 0 amide bonds. The predicted molar refractivity (Wildman–Crippen MR) is 63.5 cm³/mol. The number of rotatable bonds is 6. The van der Waals surface area contributed by atoms with Gasteiger partial charge in [-0.25, -0.2) is 5.01 Å². The van der Waals surface area contributed by atoms with E-state index in [0.717, 1.165) is 19.6 Å². The normalized spacial score (nSPS) is 11.3. The maximum absolute atomic E-state index is 4.26. The van der Waals surface area contributed by atoms with Gasteiger partial charge in [0, 0.05) is 26.7 Å². The van der Waals surface area contributed by atoms with Crippen LogP contribution >= 0.6 is 0 Å². The molecule has 3 heteroatoms. The first-order valence-corrected chi connectivity index (χ1v) is 5.25. The third-order valence-electron chi connectivity index (χ3n) is 2.30. The molecule has 1 radical (unpaired) electrons. The van der Waals surface area contributed by atoms with Crippen LogP contribution in [0.1, 0.15) is 5.56 Å². The molecular weight excluding hydrogens is 186 g/mol. The van der Waals surface area contributed by atoms with Crippen molar-refractivity contribution in [3.8, 4) is 0 Å². The highest BCUT2D eigenvalue weighted by atomic mass is 15.5. The third-order valence-corrected chi connectivity index (χ3v) is 2.30. The molecule has 0 unspecified atom stereocenters. The SMILES string of the molecule is C[N]N(CCN(C)C)Cc1ccccc1. The number of nitrogens with zero attached hydrogens (tertiary/aromatic N) is 3. The molecule has 1 aromatic rings. The van der Waals surface area contributed by atoms with Crippen molar-refractivity contribution in [1.82, 2.24) is 15.3 Å². The summed E-state index contributed by atoms with van der Waals surface area (Å²) in [6.45, 7) is 2.90. The minimum Gasteiger partial charge on any atom is -0.308 e. The highest BCUT2D eigenvalue weighted by molar-refractivity contribution is 5.14. The topological polar surface area (TPSA) is 20.6 Å². The van der Waals surface area contributed by atoms with Gasteiger partial charge in [-0.3, -0.25) is 0 Å². The molecule has 0 N–H and O–H groups in total. The summed E-state index contributed by atoms with van der Waals surface area (Å²) in [6.07, 6.45) is 0. The minimum absolute atomic E-state index is 0.894. The number of hydrogen-bond acceptors (Lipinski definition) is 2. The molecule has 0 bridgehead atoms. The number of likely N-dealkylation sites (N-methyl/N-ethyl adjacent to an activating group) is 1. The standard InChI is InChI=1S/C12H20N3/c1-13-15(10-9-14(2)3)11-12-7-5-4-6-8-12/h4-8H,9-11H2,1-3H3. The van der Waals surface area contributed by atoms with Gasteiger partial charge in [0.1, 0.15) is 0 Å². The molecule has 0 aliphatic rings. The first-order valence-electron chi connectivity index (χ1n) is 5.25. The summed E-state index contributed by atoms with van der Waals surface area (Å²) in [5.74, 6) is 0. The van der Waals surface area contributed by atoms with Crippen molar-refractivity contribution in [2.75, 3.05) is 34.2 Å². The van der Waals surface area contributed by atoms with Crippen LogP contribution in [0.25, 0.3) is 0 Å². The quantitative estimate of drug-likeness (QED) is 0.652. The van der Waals surface area contributed by atoms with Crippen molar-refractivity contribution in [1.29, 1.82) is 0 Å². The van der Waals surface area contributed by atoms with E-state index >= 15 is 0 Å². The van der Waals surface area contributed by atoms with Gasteiger partial charge in [-0.15, -0.1) is 0 Å². The fourth-order valence-corrected chi connectivity index (χ4v) is 1.36. The molecule has 3 nitrogen and oxygen atoms in total. The van der Waals surface area contributed by atoms with Crippen LogP contribution in [-0.2, 0) is 6.54 Å². The zero-order chi connectivity index (χ0) is 11.1. The average molecular weight is 206 g/mol. The molecule has 0 heterocycles. The van der Waals surface area contributed by atoms with E-state index in [1.54, 1.807) is 0 Å². The molecule has 1 rings (SSSR count). The number of benzene rings is 1. The van der Waals surface area contributed by atoms with Crippen LogP contribution in [0.15, 0.2) is 30.3 Å². The lowest BCUT2D eigenvalue weighted by atomic mass is 10.2. The molecule has 0 aliphatic heterocycles. The van der Waals surface area contributed by atoms with Gasteiger partial charge >= 0.3 is 0 Å². The molecule has 15 heavy (non-hydrogen) atoms. The first-order chi connectivity index (χ1) is 7.22. The second-order valence-electron chi connectivity index (χ2n) is 3.88. The van der Waals surface area contributed by atoms with Crippen LogP contribution in [0.3, 0.4) is 0 Å². The Kier molecular flexibility index (Phi) is 5.32. The van der Waals surface area contributed by atoms with Gasteiger partial charge in [0.15, 0.2) is 0 Å². The van der Waals surface area contributed by atoms with Crippen LogP contribution in [0, 0.1) is 0 Å². The molecule has 0 aromatic heterocycles. The Morgan fingerprint density at radius 3 is 2.27 bits per heavy atom. The zero-order valence-electron chi connectivity index (χ0n) is 9.85. The van der Waals surface area contributed by atoms with Crippen molar-refractivity contribution in [3.63, 3.8) is 0 Å². The van der Waals surface area contributed by atoms with Crippen LogP contribution in [0.4, 0.5) is 0 Å². The van der Waals surface area contributed by atoms with Crippen LogP contribution in [0.2, 0.25) is 0 Å². The largest absolute Gasteiger partial charge is 0.308 e. The summed E-state index contributed by atoms with van der Waals surface area (Å²) in [5, 5.41) is 2.09. The van der Waals surface area contributed by atoms with E-state index in [0.29, 0.717) is 0 Å². The van der Waals surface area contributed by atoms with E-state index in [9.17, 15) is 0 Å². The summed E-state index contributed by atoms with van der Waals surface area (Å²) >= 11 is 0. The lowest BCUT2D eigenvalue weighted by Crippen LogP contribution is -2.35. The molecule has 83 valence electrons. The maximum atomic E-state index is 4.26. The van der Waals surface area contributed by atoms with Crippen LogP contribution in [0.5, 0.6) is 0 Å². The van der Waals surface area contributed by atoms with E-state index in [2.05, 4.69) is 53.7 Å². The van der Waals surface area contributed by atoms with E-state index in [1.807, 2.05) is 13.1 Å². The van der Waals surface area contributed by atoms with Gasteiger partial charge in [0.2, 0.25) is 0 Å². The Hall–Kier alpha value is -0.900. The molecule has 0 aliphatic carbocycles. The lowest BCUT2D eigenvalue weighted by molar-refractivity contribution is 0.172. The molecule has 0 spiro atoms. The van der Waals surface area contributed by atoms with E-state index < -0.39 is 0 Å². The van der Waals surface area contributed by atoms with Crippen molar-refractivity contribution in [2.45, 2.75) is 6.54 Å². The van der Waals surface area contributed by atoms with Crippen molar-refractivity contribution in [3.05, 3.63) is 35.9 Å². The highest BCUT2D eigenvalue weighted by Crippen LogP contribution is 2.02. The molecule has 0 saturated carbocycles. The Morgan fingerprint density at radius 2 is 1.73 bits per heavy atom. The van der Waals surface area contributed by atoms with Crippen molar-refractivity contribution < 1.29 is 0 Å². The van der Waals surface area contributed by atoms with Gasteiger partial charge in [-0.2, -0.15) is 5.43 Å². The van der Waals surface area contributed by atoms with Crippen molar-refractivity contribution in [2.24, 2.45) is 0 Å². The van der Waals surface area contributed by atoms with Crippen molar-refractivity contribution >= 4 is 0 Å². The summed E-state index contributed by atoms with van der Waals surface area (Å²) in [5.41, 5.74) is 5.57. The van der Waals surface area contributed by atoms with Crippen LogP contribution in [-0.4, -0.2) is 44.1 Å². The second kappa shape index (κ2) is 6.56. The predicted octanol–water partition coefficient (Wildman–Crippen LogP) is 1.20. The summed E-state index contributed by atoms with van der Waals surface area (Å²) in [7, 11) is 6.01. The Balaban J connectivity index is 2.40. The van der Waals surface area contributed by atoms with Gasteiger partial charge < -0.3 is 4.90 Å². The third kappa shape index (κ3) is 4.93. The van der Waals surface area contributed by atoms with Gasteiger partial charge in [0.05, 0.1) is 0 Å². The summed E-state index contributed by atoms with van der Waals surface area (Å²) in [4.78, 5) is 2.17. The molecule has 0 saturated heterocycles. The first kappa shape index (κ1) is 12.2. The maximum Gasteiger partial charge on any atom is 0.0398 e. The van der Waals surface area contributed by atoms with Gasteiger partial charge in [-0.05, 0) is 19.7 Å². The fraction of sp³-hybridized carbons (Fsp3) is 0.500. The Bertz CT molecular complexity index is 259. The van der Waals surface area contributed by atoms with Gasteiger partial charge in [-0.1, -0.05) is 30.3 Å². The Labute approximate surface area is 92.7 Å². The van der Waals surface area contributed by atoms with E-state index in [-0.39, 0.29) is 0 Å². The lowest BCUT2D eigenvalue weighted by Gasteiger charge is -2.21. The molecule has 0 atom stereocenters. The summed E-state index contributed by atoms with van der Waals surface area (Å²) < 4.78 is 0. The monoisotopic (exact) mass is 206 g/mol. The fourth-order valence-electron chi connectivity index (χ4n) is 1.36. The van der Waals surface area contributed by atoms with E-state index in [1.165, 1.54) is 5.56 Å². The molecular formula is C12H20N3. The van der Waals surface area contributed by atoms with Crippen LogP contribution < -0.4 is 5.43 Å².